The number of hydrogen-bond acceptors (Lipinski definition) is 2. The predicted octanol–water partition coefficient (Wildman–Crippen LogP) is 6.10. The fourth-order valence-corrected chi connectivity index (χ4v) is 2.89. The number of hydrogen-bond donors (Lipinski definition) is 0. The molecule has 0 bridgehead atoms. The lowest BCUT2D eigenvalue weighted by Gasteiger charge is -2.05. The minimum Gasteiger partial charge on any atom is -0.497 e. The van der Waals surface area contributed by atoms with Crippen molar-refractivity contribution in [1.82, 2.24) is 0 Å². The molecule has 0 saturated carbocycles. The summed E-state index contributed by atoms with van der Waals surface area (Å²) in [5.74, 6) is 2.13. The quantitative estimate of drug-likeness (QED) is 0.533. The van der Waals surface area contributed by atoms with Crippen LogP contribution in [0.3, 0.4) is 0 Å². The molecule has 23 heavy (non-hydrogen) atoms. The van der Waals surface area contributed by atoms with Gasteiger partial charge in [-0.25, -0.2) is 4.42 Å². The molecular weight excluding hydrogens is 335 g/mol. The second-order valence-electron chi connectivity index (χ2n) is 4.90. The Balaban J connectivity index is 2.21. The molecule has 3 nitrogen and oxygen atoms in total. The van der Waals surface area contributed by atoms with E-state index in [2.05, 4.69) is 0 Å². The van der Waals surface area contributed by atoms with Gasteiger partial charge in [-0.05, 0) is 43.3 Å². The number of methoxy groups -OCH3 is 1. The number of benzene rings is 2. The third-order valence-corrected chi connectivity index (χ3v) is 3.92. The first-order valence-electron chi connectivity index (χ1n) is 7.15. The van der Waals surface area contributed by atoms with Gasteiger partial charge in [0, 0.05) is 5.02 Å². The summed E-state index contributed by atoms with van der Waals surface area (Å²) in [5, 5.41) is 1.74. The minimum absolute atomic E-state index is 0.448. The molecule has 0 atom stereocenters. The van der Waals surface area contributed by atoms with Gasteiger partial charge < -0.3 is 9.47 Å². The summed E-state index contributed by atoms with van der Waals surface area (Å²) in [5.41, 5.74) is 1.45. The first-order valence-corrected chi connectivity index (χ1v) is 7.91. The Bertz CT molecular complexity index is 845. The molecule has 0 aliphatic heterocycles. The van der Waals surface area contributed by atoms with Crippen LogP contribution >= 0.6 is 23.2 Å². The van der Waals surface area contributed by atoms with Crippen molar-refractivity contribution in [3.63, 3.8) is 0 Å². The van der Waals surface area contributed by atoms with Gasteiger partial charge in [-0.3, -0.25) is 0 Å². The van der Waals surface area contributed by atoms with Crippen molar-refractivity contribution in [2.75, 3.05) is 13.7 Å². The van der Waals surface area contributed by atoms with Gasteiger partial charge in [-0.15, -0.1) is 0 Å². The van der Waals surface area contributed by atoms with Crippen LogP contribution in [0.25, 0.3) is 22.3 Å². The van der Waals surface area contributed by atoms with Gasteiger partial charge in [0.2, 0.25) is 0 Å². The Hall–Kier alpha value is -1.97. The van der Waals surface area contributed by atoms with Crippen LogP contribution in [0.1, 0.15) is 6.92 Å². The molecule has 2 aromatic carbocycles. The van der Waals surface area contributed by atoms with E-state index in [1.54, 1.807) is 19.2 Å². The SMILES string of the molecule is CCOc1cc(-c2ccc(OC)cc2)[o+]c2c(Cl)cc(Cl)cc12. The van der Waals surface area contributed by atoms with Crippen molar-refractivity contribution >= 4 is 34.2 Å². The van der Waals surface area contributed by atoms with Gasteiger partial charge in [0.25, 0.3) is 0 Å². The predicted molar refractivity (Wildman–Crippen MR) is 93.8 cm³/mol. The topological polar surface area (TPSA) is 29.8 Å². The van der Waals surface area contributed by atoms with Gasteiger partial charge in [0.15, 0.2) is 0 Å². The van der Waals surface area contributed by atoms with Crippen LogP contribution < -0.4 is 9.47 Å². The Morgan fingerprint density at radius 1 is 1.04 bits per heavy atom. The highest BCUT2D eigenvalue weighted by atomic mass is 35.5. The highest BCUT2D eigenvalue weighted by Gasteiger charge is 2.23. The molecule has 3 aromatic rings. The lowest BCUT2D eigenvalue weighted by Crippen LogP contribution is -1.94. The van der Waals surface area contributed by atoms with E-state index in [0.717, 1.165) is 16.7 Å². The summed E-state index contributed by atoms with van der Waals surface area (Å²) in [6.07, 6.45) is 0. The van der Waals surface area contributed by atoms with Crippen molar-refractivity contribution in [3.8, 4) is 22.8 Å². The number of ether oxygens (including phenoxy) is 2. The van der Waals surface area contributed by atoms with Crippen molar-refractivity contribution < 1.29 is 13.9 Å². The molecule has 0 unspecified atom stereocenters. The molecule has 0 saturated heterocycles. The first kappa shape index (κ1) is 15.9. The zero-order chi connectivity index (χ0) is 16.4. The van der Waals surface area contributed by atoms with Gasteiger partial charge in [-0.1, -0.05) is 23.2 Å². The second-order valence-corrected chi connectivity index (χ2v) is 5.74. The van der Waals surface area contributed by atoms with Crippen molar-refractivity contribution in [2.24, 2.45) is 0 Å². The smallest absolute Gasteiger partial charge is 0.383 e. The molecule has 0 amide bonds. The van der Waals surface area contributed by atoms with E-state index in [1.807, 2.05) is 37.3 Å². The van der Waals surface area contributed by atoms with E-state index in [4.69, 9.17) is 37.1 Å². The maximum atomic E-state index is 6.29. The summed E-state index contributed by atoms with van der Waals surface area (Å²) in [7, 11) is 1.63. The number of halogens is 2. The highest BCUT2D eigenvalue weighted by molar-refractivity contribution is 6.38. The van der Waals surface area contributed by atoms with Crippen LogP contribution in [-0.4, -0.2) is 13.7 Å². The standard InChI is InChI=1S/C18H15Cl2O3/c1-3-22-17-10-16(11-4-6-13(21-2)7-5-11)23-18-14(17)8-12(19)9-15(18)20/h4-10H,3H2,1-2H3/q+1. The van der Waals surface area contributed by atoms with Gasteiger partial charge >= 0.3 is 11.3 Å². The third kappa shape index (κ3) is 3.21. The van der Waals surface area contributed by atoms with E-state index in [-0.39, 0.29) is 0 Å². The summed E-state index contributed by atoms with van der Waals surface area (Å²) < 4.78 is 16.9. The second kappa shape index (κ2) is 6.65. The molecule has 3 rings (SSSR count). The van der Waals surface area contributed by atoms with E-state index in [9.17, 15) is 0 Å². The summed E-state index contributed by atoms with van der Waals surface area (Å²) in [4.78, 5) is 0. The first-order chi connectivity index (χ1) is 11.1. The van der Waals surface area contributed by atoms with E-state index in [0.29, 0.717) is 33.7 Å². The lowest BCUT2D eigenvalue weighted by molar-refractivity contribution is 0.342. The van der Waals surface area contributed by atoms with Crippen LogP contribution in [0.2, 0.25) is 10.0 Å². The van der Waals surface area contributed by atoms with E-state index >= 15 is 0 Å². The minimum atomic E-state index is 0.448. The molecule has 1 heterocycles. The van der Waals surface area contributed by atoms with Crippen molar-refractivity contribution in [2.45, 2.75) is 6.92 Å². The monoisotopic (exact) mass is 349 g/mol. The average molecular weight is 350 g/mol. The zero-order valence-corrected chi connectivity index (χ0v) is 14.2. The Kier molecular flexibility index (Phi) is 4.60. The maximum Gasteiger partial charge on any atom is 0.383 e. The van der Waals surface area contributed by atoms with E-state index in [1.165, 1.54) is 0 Å². The zero-order valence-electron chi connectivity index (χ0n) is 12.7. The summed E-state index contributed by atoms with van der Waals surface area (Å²) in [6, 6.07) is 12.9. The largest absolute Gasteiger partial charge is 0.497 e. The van der Waals surface area contributed by atoms with Gasteiger partial charge in [-0.2, -0.15) is 0 Å². The van der Waals surface area contributed by atoms with Gasteiger partial charge in [0.1, 0.15) is 21.9 Å². The van der Waals surface area contributed by atoms with Crippen molar-refractivity contribution in [3.05, 3.63) is 52.5 Å². The molecule has 0 aliphatic carbocycles. The maximum absolute atomic E-state index is 6.29. The third-order valence-electron chi connectivity index (χ3n) is 3.42. The number of fused-ring (bicyclic) bond motifs is 1. The molecule has 0 fully saturated rings. The van der Waals surface area contributed by atoms with Crippen LogP contribution in [0.15, 0.2) is 46.9 Å². The fraction of sp³-hybridized carbons (Fsp3) is 0.167. The fourth-order valence-electron chi connectivity index (χ4n) is 2.36. The molecular formula is C18H15Cl2O3+. The normalized spacial score (nSPS) is 10.8. The van der Waals surface area contributed by atoms with Crippen LogP contribution in [0.5, 0.6) is 11.5 Å². The van der Waals surface area contributed by atoms with Crippen LogP contribution in [0, 0.1) is 0 Å². The average Bonchev–Trinajstić information content (AvgIpc) is 2.55. The molecule has 0 spiro atoms. The van der Waals surface area contributed by atoms with Gasteiger partial charge in [0.05, 0.1) is 25.3 Å². The Morgan fingerprint density at radius 2 is 1.78 bits per heavy atom. The molecule has 118 valence electrons. The van der Waals surface area contributed by atoms with Crippen molar-refractivity contribution in [1.29, 1.82) is 0 Å². The molecule has 0 radical (unpaired) electrons. The molecule has 0 aliphatic rings. The summed E-state index contributed by atoms with van der Waals surface area (Å²) in [6.45, 7) is 2.46. The van der Waals surface area contributed by atoms with E-state index < -0.39 is 0 Å². The Morgan fingerprint density at radius 3 is 2.43 bits per heavy atom. The molecule has 1 aromatic heterocycles. The van der Waals surface area contributed by atoms with Crippen LogP contribution in [0.4, 0.5) is 0 Å². The lowest BCUT2D eigenvalue weighted by atomic mass is 10.1. The van der Waals surface area contributed by atoms with Crippen LogP contribution in [-0.2, 0) is 0 Å². The molecule has 5 heteroatoms. The number of rotatable bonds is 4. The summed E-state index contributed by atoms with van der Waals surface area (Å²) >= 11 is 12.4. The molecule has 0 N–H and O–H groups in total. The highest BCUT2D eigenvalue weighted by Crippen LogP contribution is 2.38. The Labute approximate surface area is 144 Å².